The molecule has 0 bridgehead atoms. The molecule has 2 aromatic carbocycles. The lowest BCUT2D eigenvalue weighted by Gasteiger charge is -2.36. The minimum atomic E-state index is -4.79. The van der Waals surface area contributed by atoms with Gasteiger partial charge in [0.2, 0.25) is 11.8 Å². The zero-order valence-electron chi connectivity index (χ0n) is 18.7. The number of fused-ring (bicyclic) bond motifs is 1. The van der Waals surface area contributed by atoms with Gasteiger partial charge < -0.3 is 20.0 Å². The smallest absolute Gasteiger partial charge is 0.418 e. The normalized spacial score (nSPS) is 15.3. The van der Waals surface area contributed by atoms with Gasteiger partial charge in [0.05, 0.1) is 30.0 Å². The van der Waals surface area contributed by atoms with Crippen molar-refractivity contribution in [2.24, 2.45) is 0 Å². The molecule has 0 spiro atoms. The number of benzene rings is 2. The predicted molar refractivity (Wildman–Crippen MR) is 122 cm³/mol. The summed E-state index contributed by atoms with van der Waals surface area (Å²) in [5, 5.41) is 4.68. The van der Waals surface area contributed by atoms with Crippen LogP contribution in [0.4, 0.5) is 24.5 Å². The molecule has 1 aromatic heterocycles. The Bertz CT molecular complexity index is 1260. The highest BCUT2D eigenvalue weighted by Gasteiger charge is 2.35. The van der Waals surface area contributed by atoms with E-state index in [9.17, 15) is 27.6 Å². The number of carbonyl (C=O) groups is 3. The van der Waals surface area contributed by atoms with E-state index >= 15 is 0 Å². The first-order valence-corrected chi connectivity index (χ1v) is 10.8. The highest BCUT2D eigenvalue weighted by molar-refractivity contribution is 6.02. The summed E-state index contributed by atoms with van der Waals surface area (Å²) < 4.78 is 46.3. The van der Waals surface area contributed by atoms with Crippen molar-refractivity contribution in [2.75, 3.05) is 17.2 Å². The van der Waals surface area contributed by atoms with Crippen LogP contribution in [-0.4, -0.2) is 29.2 Å². The van der Waals surface area contributed by atoms with E-state index in [1.807, 2.05) is 18.2 Å². The third-order valence-electron chi connectivity index (χ3n) is 5.80. The Morgan fingerprint density at radius 2 is 1.83 bits per heavy atom. The molecule has 2 heterocycles. The summed E-state index contributed by atoms with van der Waals surface area (Å²) in [6.07, 6.45) is -3.09. The molecule has 3 aromatic rings. The Balaban J connectivity index is 1.55. The monoisotopic (exact) mass is 485 g/mol. The van der Waals surface area contributed by atoms with E-state index in [4.69, 9.17) is 4.42 Å². The fourth-order valence-corrected chi connectivity index (χ4v) is 4.19. The second kappa shape index (κ2) is 9.65. The Labute approximate surface area is 198 Å². The highest BCUT2D eigenvalue weighted by atomic mass is 19.4. The van der Waals surface area contributed by atoms with Crippen molar-refractivity contribution in [3.63, 3.8) is 0 Å². The number of nitrogens with one attached hydrogen (secondary N) is 2. The molecule has 10 heteroatoms. The van der Waals surface area contributed by atoms with E-state index in [0.29, 0.717) is 13.0 Å². The second-order valence-electron chi connectivity index (χ2n) is 8.12. The molecule has 1 aliphatic rings. The van der Waals surface area contributed by atoms with Crippen LogP contribution in [0, 0.1) is 0 Å². The molecule has 0 radical (unpaired) electrons. The average Bonchev–Trinajstić information content (AvgIpc) is 3.34. The molecule has 1 atom stereocenters. The number of anilines is 2. The number of furan rings is 1. The number of hydrogen-bond donors (Lipinski definition) is 2. The lowest BCUT2D eigenvalue weighted by Crippen LogP contribution is -2.40. The molecular formula is C25H22F3N3O4. The number of rotatable bonds is 5. The van der Waals surface area contributed by atoms with Crippen molar-refractivity contribution in [1.29, 1.82) is 0 Å². The standard InChI is InChI=1S/C25H22F3N3O4/c1-15(32)31-11-10-16-5-2-3-6-18(16)21(31)14-23(33)30-20-9-8-17(13-19(20)25(26,27)28)29-24(34)22-7-4-12-35-22/h2-9,12-13,21H,10-11,14H2,1H3,(H,29,34)(H,30,33). The molecule has 182 valence electrons. The molecule has 3 amide bonds. The third kappa shape index (κ3) is 5.37. The van der Waals surface area contributed by atoms with E-state index < -0.39 is 35.3 Å². The van der Waals surface area contributed by atoms with Crippen LogP contribution in [0.5, 0.6) is 0 Å². The lowest BCUT2D eigenvalue weighted by atomic mass is 9.90. The molecule has 1 aliphatic heterocycles. The van der Waals surface area contributed by atoms with E-state index in [2.05, 4.69) is 10.6 Å². The summed E-state index contributed by atoms with van der Waals surface area (Å²) in [6, 6.07) is 12.7. The Morgan fingerprint density at radius 1 is 1.06 bits per heavy atom. The molecule has 0 fully saturated rings. The summed E-state index contributed by atoms with van der Waals surface area (Å²) in [5.41, 5.74) is 0.125. The maximum Gasteiger partial charge on any atom is 0.418 e. The van der Waals surface area contributed by atoms with Gasteiger partial charge in [0.25, 0.3) is 5.91 Å². The van der Waals surface area contributed by atoms with Crippen molar-refractivity contribution in [3.8, 4) is 0 Å². The quantitative estimate of drug-likeness (QED) is 0.531. The van der Waals surface area contributed by atoms with Crippen LogP contribution in [0.2, 0.25) is 0 Å². The summed E-state index contributed by atoms with van der Waals surface area (Å²) in [4.78, 5) is 38.7. The van der Waals surface area contributed by atoms with Crippen LogP contribution in [-0.2, 0) is 22.2 Å². The largest absolute Gasteiger partial charge is 0.459 e. The first-order valence-electron chi connectivity index (χ1n) is 10.8. The van der Waals surface area contributed by atoms with Gasteiger partial charge in [-0.1, -0.05) is 24.3 Å². The van der Waals surface area contributed by atoms with Gasteiger partial charge in [-0.25, -0.2) is 0 Å². The van der Waals surface area contributed by atoms with Crippen molar-refractivity contribution in [2.45, 2.75) is 32.0 Å². The topological polar surface area (TPSA) is 91.7 Å². The van der Waals surface area contributed by atoms with Gasteiger partial charge in [-0.2, -0.15) is 13.2 Å². The zero-order valence-corrected chi connectivity index (χ0v) is 18.7. The fraction of sp³-hybridized carbons (Fsp3) is 0.240. The number of alkyl halides is 3. The van der Waals surface area contributed by atoms with Gasteiger partial charge in [0, 0.05) is 19.2 Å². The molecule has 35 heavy (non-hydrogen) atoms. The Morgan fingerprint density at radius 3 is 2.51 bits per heavy atom. The molecule has 2 N–H and O–H groups in total. The van der Waals surface area contributed by atoms with Gasteiger partial charge in [-0.15, -0.1) is 0 Å². The third-order valence-corrected chi connectivity index (χ3v) is 5.80. The summed E-state index contributed by atoms with van der Waals surface area (Å²) in [7, 11) is 0. The summed E-state index contributed by atoms with van der Waals surface area (Å²) >= 11 is 0. The SMILES string of the molecule is CC(=O)N1CCc2ccccc2C1CC(=O)Nc1ccc(NC(=O)c2ccco2)cc1C(F)(F)F. The number of hydrogen-bond acceptors (Lipinski definition) is 4. The fourth-order valence-electron chi connectivity index (χ4n) is 4.19. The number of halogens is 3. The van der Waals surface area contributed by atoms with Gasteiger partial charge in [0.1, 0.15) is 0 Å². The van der Waals surface area contributed by atoms with Crippen LogP contribution in [0.15, 0.2) is 65.3 Å². The van der Waals surface area contributed by atoms with E-state index in [1.165, 1.54) is 31.4 Å². The molecule has 7 nitrogen and oxygen atoms in total. The molecule has 0 aliphatic carbocycles. The Kier molecular flexibility index (Phi) is 6.63. The Hall–Kier alpha value is -4.08. The van der Waals surface area contributed by atoms with E-state index in [1.54, 1.807) is 11.0 Å². The second-order valence-corrected chi connectivity index (χ2v) is 8.12. The number of nitrogens with zero attached hydrogens (tertiary/aromatic N) is 1. The first-order chi connectivity index (χ1) is 16.6. The molecule has 0 saturated carbocycles. The van der Waals surface area contributed by atoms with Crippen LogP contribution in [0.25, 0.3) is 0 Å². The molecular weight excluding hydrogens is 463 g/mol. The highest BCUT2D eigenvalue weighted by Crippen LogP contribution is 2.38. The summed E-state index contributed by atoms with van der Waals surface area (Å²) in [6.45, 7) is 1.82. The van der Waals surface area contributed by atoms with Gasteiger partial charge in [-0.3, -0.25) is 14.4 Å². The van der Waals surface area contributed by atoms with Crippen molar-refractivity contribution in [3.05, 3.63) is 83.3 Å². The maximum atomic E-state index is 13.8. The molecule has 4 rings (SSSR count). The van der Waals surface area contributed by atoms with E-state index in [-0.39, 0.29) is 23.8 Å². The predicted octanol–water partition coefficient (Wildman–Crippen LogP) is 5.03. The maximum absolute atomic E-state index is 13.8. The lowest BCUT2D eigenvalue weighted by molar-refractivity contribution is -0.137. The van der Waals surface area contributed by atoms with Crippen LogP contribution in [0.1, 0.15) is 46.6 Å². The summed E-state index contributed by atoms with van der Waals surface area (Å²) in [5.74, 6) is -1.65. The van der Waals surface area contributed by atoms with Crippen LogP contribution < -0.4 is 10.6 Å². The minimum Gasteiger partial charge on any atom is -0.459 e. The molecule has 0 saturated heterocycles. The number of carbonyl (C=O) groups excluding carboxylic acids is 3. The van der Waals surface area contributed by atoms with Gasteiger partial charge in [-0.05, 0) is 47.9 Å². The van der Waals surface area contributed by atoms with Crippen molar-refractivity contribution < 1.29 is 32.0 Å². The van der Waals surface area contributed by atoms with E-state index in [0.717, 1.165) is 23.3 Å². The van der Waals surface area contributed by atoms with Crippen LogP contribution >= 0.6 is 0 Å². The first kappa shape index (κ1) is 24.1. The average molecular weight is 485 g/mol. The van der Waals surface area contributed by atoms with Crippen molar-refractivity contribution in [1.82, 2.24) is 4.90 Å². The van der Waals surface area contributed by atoms with Gasteiger partial charge in [0.15, 0.2) is 5.76 Å². The minimum absolute atomic E-state index is 0.0567. The molecule has 1 unspecified atom stereocenters. The van der Waals surface area contributed by atoms with Gasteiger partial charge >= 0.3 is 6.18 Å². The zero-order chi connectivity index (χ0) is 25.2. The van der Waals surface area contributed by atoms with Crippen LogP contribution in [0.3, 0.4) is 0 Å². The number of amides is 3. The van der Waals surface area contributed by atoms with Crippen molar-refractivity contribution >= 4 is 29.1 Å².